The lowest BCUT2D eigenvalue weighted by atomic mass is 9.93. The van der Waals surface area contributed by atoms with Crippen molar-refractivity contribution in [2.75, 3.05) is 19.0 Å². The Balaban J connectivity index is 2.40. The van der Waals surface area contributed by atoms with Crippen LogP contribution in [-0.2, 0) is 14.3 Å². The molecule has 3 amide bonds. The molecule has 2 rings (SSSR count). The molecule has 35 heavy (non-hydrogen) atoms. The van der Waals surface area contributed by atoms with Crippen LogP contribution in [-0.4, -0.2) is 48.1 Å². The van der Waals surface area contributed by atoms with Gasteiger partial charge >= 0.3 is 6.09 Å². The highest BCUT2D eigenvalue weighted by Gasteiger charge is 2.35. The van der Waals surface area contributed by atoms with Gasteiger partial charge in [-0.3, -0.25) is 9.59 Å². The monoisotopic (exact) mass is 483 g/mol. The molecule has 2 N–H and O–H groups in total. The lowest BCUT2D eigenvalue weighted by Gasteiger charge is -2.34. The van der Waals surface area contributed by atoms with Crippen molar-refractivity contribution in [2.24, 2.45) is 0 Å². The lowest BCUT2D eigenvalue weighted by molar-refractivity contribution is -0.140. The molecular formula is C27H37N3O5. The largest absolute Gasteiger partial charge is 0.497 e. The van der Waals surface area contributed by atoms with Crippen LogP contribution in [0.25, 0.3) is 0 Å². The van der Waals surface area contributed by atoms with Crippen LogP contribution in [0.1, 0.15) is 57.4 Å². The summed E-state index contributed by atoms with van der Waals surface area (Å²) in [5.74, 6) is -0.0789. The highest BCUT2D eigenvalue weighted by atomic mass is 16.6. The molecule has 0 radical (unpaired) electrons. The van der Waals surface area contributed by atoms with E-state index in [1.165, 1.54) is 4.90 Å². The number of alkyl carbamates (subject to hydrolysis) is 1. The number of aryl methyl sites for hydroxylation is 2. The molecule has 2 aromatic carbocycles. The maximum absolute atomic E-state index is 13.7. The third-order valence-corrected chi connectivity index (χ3v) is 5.46. The number of benzene rings is 2. The first-order chi connectivity index (χ1) is 16.4. The molecule has 8 nitrogen and oxygen atoms in total. The van der Waals surface area contributed by atoms with E-state index in [9.17, 15) is 14.4 Å². The summed E-state index contributed by atoms with van der Waals surface area (Å²) < 4.78 is 10.5. The number of nitrogens with one attached hydrogen (secondary N) is 2. The Morgan fingerprint density at radius 1 is 1.00 bits per heavy atom. The van der Waals surface area contributed by atoms with Crippen molar-refractivity contribution in [3.8, 4) is 5.75 Å². The van der Waals surface area contributed by atoms with Crippen molar-refractivity contribution in [1.29, 1.82) is 0 Å². The average molecular weight is 484 g/mol. The zero-order valence-corrected chi connectivity index (χ0v) is 21.9. The van der Waals surface area contributed by atoms with Crippen LogP contribution >= 0.6 is 0 Å². The summed E-state index contributed by atoms with van der Waals surface area (Å²) in [5, 5.41) is 5.52. The Labute approximate surface area is 208 Å². The minimum absolute atomic E-state index is 0.258. The van der Waals surface area contributed by atoms with Gasteiger partial charge in [0, 0.05) is 12.2 Å². The van der Waals surface area contributed by atoms with Crippen LogP contribution in [0.3, 0.4) is 0 Å². The molecule has 0 spiro atoms. The smallest absolute Gasteiger partial charge is 0.408 e. The molecule has 2 atom stereocenters. The topological polar surface area (TPSA) is 97.0 Å². The number of amides is 3. The second kappa shape index (κ2) is 11.7. The molecule has 2 aromatic rings. The minimum Gasteiger partial charge on any atom is -0.497 e. The first-order valence-corrected chi connectivity index (χ1v) is 11.7. The summed E-state index contributed by atoms with van der Waals surface area (Å²) in [6.45, 7) is 12.7. The summed E-state index contributed by atoms with van der Waals surface area (Å²) in [6, 6.07) is 10.9. The zero-order valence-electron chi connectivity index (χ0n) is 21.9. The Morgan fingerprint density at radius 2 is 1.57 bits per heavy atom. The normalized spacial score (nSPS) is 12.8. The number of methoxy groups -OCH3 is 1. The van der Waals surface area contributed by atoms with Gasteiger partial charge in [0.05, 0.1) is 7.11 Å². The molecule has 0 bridgehead atoms. The van der Waals surface area contributed by atoms with E-state index in [4.69, 9.17) is 9.47 Å². The summed E-state index contributed by atoms with van der Waals surface area (Å²) in [7, 11) is 1.57. The van der Waals surface area contributed by atoms with Gasteiger partial charge in [0.1, 0.15) is 23.4 Å². The number of rotatable bonds is 8. The zero-order chi connectivity index (χ0) is 26.3. The first-order valence-electron chi connectivity index (χ1n) is 11.7. The van der Waals surface area contributed by atoms with Crippen LogP contribution in [0.4, 0.5) is 10.5 Å². The Kier molecular flexibility index (Phi) is 9.28. The lowest BCUT2D eigenvalue weighted by Crippen LogP contribution is -2.51. The maximum atomic E-state index is 13.7. The van der Waals surface area contributed by atoms with Crippen molar-refractivity contribution in [3.63, 3.8) is 0 Å². The van der Waals surface area contributed by atoms with E-state index in [0.29, 0.717) is 11.4 Å². The van der Waals surface area contributed by atoms with Gasteiger partial charge in [0.25, 0.3) is 5.91 Å². The molecule has 0 saturated carbocycles. The Morgan fingerprint density at radius 3 is 2.06 bits per heavy atom. The number of likely N-dealkylation sites (N-methyl/N-ethyl adjacent to an activating group) is 1. The Bertz CT molecular complexity index is 1020. The standard InChI is InChI=1S/C27H37N3O5/c1-9-30(25(32)19(4)28-26(33)35-27(5,6)7)23(22-17(2)11-10-12-18(22)3)24(31)29-20-13-15-21(34-8)16-14-20/h10-16,19,23H,9H2,1-8H3,(H,28,33)(H,29,31). The summed E-state index contributed by atoms with van der Waals surface area (Å²) in [6.07, 6.45) is -0.694. The van der Waals surface area contributed by atoms with Crippen LogP contribution in [0.2, 0.25) is 0 Å². The summed E-state index contributed by atoms with van der Waals surface area (Å²) in [4.78, 5) is 40.9. The average Bonchev–Trinajstić information content (AvgIpc) is 2.77. The number of ether oxygens (including phenoxy) is 2. The third kappa shape index (κ3) is 7.47. The molecule has 8 heteroatoms. The number of nitrogens with zero attached hydrogens (tertiary/aromatic N) is 1. The van der Waals surface area contributed by atoms with Crippen LogP contribution in [0.5, 0.6) is 5.75 Å². The van der Waals surface area contributed by atoms with E-state index < -0.39 is 29.7 Å². The van der Waals surface area contributed by atoms with Crippen LogP contribution < -0.4 is 15.4 Å². The summed E-state index contributed by atoms with van der Waals surface area (Å²) in [5.41, 5.74) is 2.41. The fraction of sp³-hybridized carbons (Fsp3) is 0.444. The van der Waals surface area contributed by atoms with Gasteiger partial charge in [-0.15, -0.1) is 0 Å². The van der Waals surface area contributed by atoms with Gasteiger partial charge in [-0.25, -0.2) is 4.79 Å². The first kappa shape index (κ1) is 27.7. The van der Waals surface area contributed by atoms with E-state index in [-0.39, 0.29) is 12.5 Å². The van der Waals surface area contributed by atoms with E-state index in [0.717, 1.165) is 16.7 Å². The quantitative estimate of drug-likeness (QED) is 0.565. The number of carbonyl (C=O) groups is 3. The van der Waals surface area contributed by atoms with Crippen molar-refractivity contribution in [2.45, 2.75) is 66.2 Å². The molecule has 0 aliphatic carbocycles. The Hall–Kier alpha value is -3.55. The van der Waals surface area contributed by atoms with Crippen molar-refractivity contribution in [1.82, 2.24) is 10.2 Å². The van der Waals surface area contributed by atoms with Gasteiger partial charge in [-0.05, 0) is 89.4 Å². The molecular weight excluding hydrogens is 446 g/mol. The van der Waals surface area contributed by atoms with E-state index in [1.54, 1.807) is 66.0 Å². The van der Waals surface area contributed by atoms with Gasteiger partial charge < -0.3 is 25.0 Å². The number of hydrogen-bond donors (Lipinski definition) is 2. The fourth-order valence-electron chi connectivity index (χ4n) is 3.83. The fourth-order valence-corrected chi connectivity index (χ4v) is 3.83. The molecule has 0 fully saturated rings. The van der Waals surface area contributed by atoms with E-state index in [1.807, 2.05) is 32.0 Å². The van der Waals surface area contributed by atoms with Crippen LogP contribution in [0.15, 0.2) is 42.5 Å². The maximum Gasteiger partial charge on any atom is 0.408 e. The van der Waals surface area contributed by atoms with Gasteiger partial charge in [-0.1, -0.05) is 18.2 Å². The number of anilines is 1. The van der Waals surface area contributed by atoms with Crippen molar-refractivity contribution < 1.29 is 23.9 Å². The van der Waals surface area contributed by atoms with Gasteiger partial charge in [0.2, 0.25) is 5.91 Å². The molecule has 0 aliphatic rings. The van der Waals surface area contributed by atoms with Crippen molar-refractivity contribution >= 4 is 23.6 Å². The molecule has 0 aromatic heterocycles. The van der Waals surface area contributed by atoms with E-state index in [2.05, 4.69) is 10.6 Å². The molecule has 190 valence electrons. The molecule has 0 saturated heterocycles. The second-order valence-electron chi connectivity index (χ2n) is 9.42. The highest BCUT2D eigenvalue weighted by Crippen LogP contribution is 2.29. The number of carbonyl (C=O) groups excluding carboxylic acids is 3. The van der Waals surface area contributed by atoms with E-state index >= 15 is 0 Å². The number of hydrogen-bond acceptors (Lipinski definition) is 5. The third-order valence-electron chi connectivity index (χ3n) is 5.46. The molecule has 0 aliphatic heterocycles. The molecule has 0 heterocycles. The molecule has 2 unspecified atom stereocenters. The predicted molar refractivity (Wildman–Crippen MR) is 136 cm³/mol. The SMILES string of the molecule is CCN(C(=O)C(C)NC(=O)OC(C)(C)C)C(C(=O)Nc1ccc(OC)cc1)c1c(C)cccc1C. The van der Waals surface area contributed by atoms with Crippen LogP contribution in [0, 0.1) is 13.8 Å². The minimum atomic E-state index is -0.904. The van der Waals surface area contributed by atoms with Gasteiger partial charge in [-0.2, -0.15) is 0 Å². The highest BCUT2D eigenvalue weighted by molar-refractivity contribution is 5.99. The second-order valence-corrected chi connectivity index (χ2v) is 9.42. The summed E-state index contributed by atoms with van der Waals surface area (Å²) >= 11 is 0. The van der Waals surface area contributed by atoms with Crippen molar-refractivity contribution in [3.05, 3.63) is 59.2 Å². The predicted octanol–water partition coefficient (Wildman–Crippen LogP) is 4.75. The van der Waals surface area contributed by atoms with Gasteiger partial charge in [0.15, 0.2) is 0 Å².